The van der Waals surface area contributed by atoms with E-state index in [1.54, 1.807) is 0 Å². The third-order valence-corrected chi connectivity index (χ3v) is 5.24. The van der Waals surface area contributed by atoms with E-state index >= 15 is 0 Å². The van der Waals surface area contributed by atoms with E-state index in [-0.39, 0.29) is 24.0 Å². The molecule has 1 heterocycles. The molecule has 1 aliphatic heterocycles. The van der Waals surface area contributed by atoms with Crippen LogP contribution in [0.1, 0.15) is 40.0 Å². The van der Waals surface area contributed by atoms with Crippen molar-refractivity contribution < 1.29 is 9.90 Å². The molecule has 1 saturated carbocycles. The molecule has 1 saturated heterocycles. The number of amidine groups is 1. The molecule has 3 atom stereocenters. The number of carbonyl (C=O) groups excluding carboxylic acids is 1. The summed E-state index contributed by atoms with van der Waals surface area (Å²) in [6.07, 6.45) is 2.24. The molecule has 4 nitrogen and oxygen atoms in total. The van der Waals surface area contributed by atoms with Crippen molar-refractivity contribution in [3.8, 4) is 0 Å². The number of aliphatic hydroxyl groups excluding tert-OH is 1. The number of carbonyl (C=O) groups is 1. The summed E-state index contributed by atoms with van der Waals surface area (Å²) >= 11 is 1.52. The van der Waals surface area contributed by atoms with Crippen molar-refractivity contribution in [2.45, 2.75) is 56.9 Å². The maximum absolute atomic E-state index is 11.9. The zero-order chi connectivity index (χ0) is 12.6. The second-order valence-electron chi connectivity index (χ2n) is 5.37. The van der Waals surface area contributed by atoms with Gasteiger partial charge in [-0.25, -0.2) is 0 Å². The molecule has 0 bridgehead atoms. The fourth-order valence-electron chi connectivity index (χ4n) is 2.15. The number of hydrogen-bond acceptors (Lipinski definition) is 4. The van der Waals surface area contributed by atoms with E-state index in [9.17, 15) is 9.90 Å². The highest BCUT2D eigenvalue weighted by molar-refractivity contribution is 8.16. The molecule has 0 aromatic heterocycles. The molecule has 1 amide bonds. The van der Waals surface area contributed by atoms with Gasteiger partial charge in [-0.2, -0.15) is 0 Å². The molecule has 0 spiro atoms. The summed E-state index contributed by atoms with van der Waals surface area (Å²) < 4.78 is -0.407. The Balaban J connectivity index is 2.06. The van der Waals surface area contributed by atoms with E-state index in [0.717, 1.165) is 24.4 Å². The topological polar surface area (TPSA) is 61.7 Å². The highest BCUT2D eigenvalue weighted by Gasteiger charge is 2.45. The fraction of sp³-hybridized carbons (Fsp3) is 0.833. The van der Waals surface area contributed by atoms with E-state index in [2.05, 4.69) is 24.2 Å². The zero-order valence-electron chi connectivity index (χ0n) is 10.6. The molecule has 96 valence electrons. The van der Waals surface area contributed by atoms with Gasteiger partial charge < -0.3 is 10.4 Å². The smallest absolute Gasteiger partial charge is 0.242 e. The number of nitrogens with zero attached hydrogens (tertiary/aromatic N) is 1. The average molecular weight is 256 g/mol. The fourth-order valence-corrected chi connectivity index (χ4v) is 3.28. The second-order valence-corrected chi connectivity index (χ2v) is 6.81. The number of nitrogens with one attached hydrogen (secondary N) is 1. The number of aliphatic imine (C=N–C) groups is 1. The lowest BCUT2D eigenvalue weighted by Crippen LogP contribution is -2.38. The summed E-state index contributed by atoms with van der Waals surface area (Å²) in [5.41, 5.74) is 0. The molecule has 2 N–H and O–H groups in total. The summed E-state index contributed by atoms with van der Waals surface area (Å²) in [5, 5.41) is 13.0. The third-order valence-electron chi connectivity index (χ3n) is 3.76. The van der Waals surface area contributed by atoms with Crippen LogP contribution >= 0.6 is 11.8 Å². The Hall–Kier alpha value is -0.550. The Labute approximate surface area is 106 Å². The molecule has 5 heteroatoms. The second kappa shape index (κ2) is 4.61. The van der Waals surface area contributed by atoms with Crippen LogP contribution in [0.25, 0.3) is 0 Å². The maximum Gasteiger partial charge on any atom is 0.242 e. The Bertz CT molecular complexity index is 356. The van der Waals surface area contributed by atoms with Crippen molar-refractivity contribution >= 4 is 22.8 Å². The van der Waals surface area contributed by atoms with Gasteiger partial charge in [0.15, 0.2) is 5.17 Å². The normalized spacial score (nSPS) is 40.3. The first-order valence-corrected chi connectivity index (χ1v) is 7.00. The summed E-state index contributed by atoms with van der Waals surface area (Å²) in [7, 11) is 0. The van der Waals surface area contributed by atoms with E-state index in [1.807, 2.05) is 6.92 Å². The lowest BCUT2D eigenvalue weighted by atomic mass is 9.96. The molecular weight excluding hydrogens is 236 g/mol. The van der Waals surface area contributed by atoms with E-state index in [4.69, 9.17) is 0 Å². The Morgan fingerprint density at radius 2 is 2.24 bits per heavy atom. The third kappa shape index (κ3) is 2.50. The predicted octanol–water partition coefficient (Wildman–Crippen LogP) is 1.53. The number of hydrogen-bond donors (Lipinski definition) is 2. The molecule has 0 aromatic carbocycles. The van der Waals surface area contributed by atoms with E-state index < -0.39 is 4.75 Å². The number of thioether (sulfide) groups is 1. The number of rotatable bonds is 2. The molecule has 1 unspecified atom stereocenters. The minimum atomic E-state index is -0.407. The van der Waals surface area contributed by atoms with Crippen LogP contribution in [0, 0.1) is 5.92 Å². The van der Waals surface area contributed by atoms with Crippen molar-refractivity contribution in [1.82, 2.24) is 5.32 Å². The van der Waals surface area contributed by atoms with Gasteiger partial charge in [0.1, 0.15) is 4.75 Å². The Kier molecular flexibility index (Phi) is 3.50. The van der Waals surface area contributed by atoms with Crippen LogP contribution in [0.15, 0.2) is 4.99 Å². The molecule has 0 aromatic rings. The molecule has 2 rings (SSSR count). The highest BCUT2D eigenvalue weighted by atomic mass is 32.2. The molecule has 2 fully saturated rings. The Morgan fingerprint density at radius 1 is 1.53 bits per heavy atom. The molecule has 2 aliphatic rings. The number of amides is 1. The zero-order valence-corrected chi connectivity index (χ0v) is 11.4. The van der Waals surface area contributed by atoms with E-state index in [1.165, 1.54) is 11.8 Å². The van der Waals surface area contributed by atoms with Crippen LogP contribution in [0.4, 0.5) is 0 Å². The van der Waals surface area contributed by atoms with Crippen LogP contribution < -0.4 is 5.32 Å². The summed E-state index contributed by atoms with van der Waals surface area (Å²) in [5.74, 6) is 0.323. The minimum Gasteiger partial charge on any atom is -0.393 e. The van der Waals surface area contributed by atoms with Gasteiger partial charge in [-0.1, -0.05) is 25.6 Å². The van der Waals surface area contributed by atoms with Crippen molar-refractivity contribution in [3.05, 3.63) is 0 Å². The van der Waals surface area contributed by atoms with Gasteiger partial charge in [-0.3, -0.25) is 9.79 Å². The van der Waals surface area contributed by atoms with Gasteiger partial charge in [0.05, 0.1) is 12.1 Å². The Morgan fingerprint density at radius 3 is 2.71 bits per heavy atom. The van der Waals surface area contributed by atoms with Crippen molar-refractivity contribution in [2.75, 3.05) is 0 Å². The van der Waals surface area contributed by atoms with Crippen molar-refractivity contribution in [3.63, 3.8) is 0 Å². The van der Waals surface area contributed by atoms with Crippen LogP contribution in [-0.2, 0) is 4.79 Å². The first kappa shape index (κ1) is 12.9. The van der Waals surface area contributed by atoms with Crippen LogP contribution in [0.3, 0.4) is 0 Å². The van der Waals surface area contributed by atoms with Gasteiger partial charge in [0, 0.05) is 0 Å². The van der Waals surface area contributed by atoms with E-state index in [0.29, 0.717) is 0 Å². The van der Waals surface area contributed by atoms with Crippen LogP contribution in [-0.4, -0.2) is 33.1 Å². The largest absolute Gasteiger partial charge is 0.393 e. The van der Waals surface area contributed by atoms with Crippen molar-refractivity contribution in [1.29, 1.82) is 0 Å². The highest BCUT2D eigenvalue weighted by Crippen LogP contribution is 2.38. The molecule has 1 aliphatic carbocycles. The monoisotopic (exact) mass is 256 g/mol. The SMILES string of the molecule is CC(C)C1(C)SC(=N[C@@H]2CC[C@H](O)C2)NC1=O. The van der Waals surface area contributed by atoms with Gasteiger partial charge in [-0.15, -0.1) is 0 Å². The first-order valence-electron chi connectivity index (χ1n) is 6.18. The standard InChI is InChI=1S/C12H20N2O2S/c1-7(2)12(3)10(16)14-11(17-12)13-8-4-5-9(15)6-8/h7-9,15H,4-6H2,1-3H3,(H,13,14,16)/t8-,9+,12?/m1/s1. The van der Waals surface area contributed by atoms with Crippen LogP contribution in [0.5, 0.6) is 0 Å². The summed E-state index contributed by atoms with van der Waals surface area (Å²) in [6, 6.07) is 0.169. The molecule has 17 heavy (non-hydrogen) atoms. The lowest BCUT2D eigenvalue weighted by molar-refractivity contribution is -0.122. The summed E-state index contributed by atoms with van der Waals surface area (Å²) in [6.45, 7) is 6.06. The van der Waals surface area contributed by atoms with Gasteiger partial charge in [0.25, 0.3) is 0 Å². The minimum absolute atomic E-state index is 0.0507. The summed E-state index contributed by atoms with van der Waals surface area (Å²) in [4.78, 5) is 16.5. The average Bonchev–Trinajstić information content (AvgIpc) is 2.74. The number of aliphatic hydroxyl groups is 1. The quantitative estimate of drug-likeness (QED) is 0.787. The van der Waals surface area contributed by atoms with Gasteiger partial charge in [-0.05, 0) is 32.1 Å². The van der Waals surface area contributed by atoms with Crippen molar-refractivity contribution in [2.24, 2.45) is 10.9 Å². The molecule has 0 radical (unpaired) electrons. The van der Waals surface area contributed by atoms with Crippen LogP contribution in [0.2, 0.25) is 0 Å². The maximum atomic E-state index is 11.9. The van der Waals surface area contributed by atoms with Gasteiger partial charge in [0.2, 0.25) is 5.91 Å². The first-order chi connectivity index (χ1) is 7.91. The lowest BCUT2D eigenvalue weighted by Gasteiger charge is -2.22. The molecular formula is C12H20N2O2S. The predicted molar refractivity (Wildman–Crippen MR) is 70.1 cm³/mol. The van der Waals surface area contributed by atoms with Gasteiger partial charge >= 0.3 is 0 Å².